The van der Waals surface area contributed by atoms with Crippen molar-refractivity contribution < 1.29 is 14.3 Å². The van der Waals surface area contributed by atoms with Crippen LogP contribution in [0, 0.1) is 27.7 Å². The fourth-order valence-corrected chi connectivity index (χ4v) is 5.77. The zero-order chi connectivity index (χ0) is 27.9. The lowest BCUT2D eigenvalue weighted by Gasteiger charge is -2.35. The molecule has 4 aromatic carbocycles. The van der Waals surface area contributed by atoms with Gasteiger partial charge in [-0.15, -0.1) is 0 Å². The minimum Gasteiger partial charge on any atom is -0.477 e. The van der Waals surface area contributed by atoms with Crippen LogP contribution in [0.1, 0.15) is 61.8 Å². The normalized spacial score (nSPS) is 13.2. The van der Waals surface area contributed by atoms with Gasteiger partial charge in [-0.2, -0.15) is 0 Å². The van der Waals surface area contributed by atoms with Crippen molar-refractivity contribution in [1.29, 1.82) is 0 Å². The van der Waals surface area contributed by atoms with Gasteiger partial charge in [-0.05, 0) is 105 Å². The van der Waals surface area contributed by atoms with E-state index in [0.29, 0.717) is 24.7 Å². The van der Waals surface area contributed by atoms with E-state index in [-0.39, 0.29) is 5.97 Å². The van der Waals surface area contributed by atoms with Gasteiger partial charge in [0.15, 0.2) is 0 Å². The summed E-state index contributed by atoms with van der Waals surface area (Å²) in [4.78, 5) is 15.2. The van der Waals surface area contributed by atoms with Gasteiger partial charge in [-0.3, -0.25) is 4.90 Å². The molecule has 0 radical (unpaired) electrons. The van der Waals surface area contributed by atoms with Gasteiger partial charge in [0.25, 0.3) is 0 Å². The number of nitrogens with zero attached hydrogens (tertiary/aromatic N) is 1. The second-order valence-electron chi connectivity index (χ2n) is 10.9. The van der Waals surface area contributed by atoms with Gasteiger partial charge in [0.05, 0.1) is 12.0 Å². The third kappa shape index (κ3) is 4.53. The number of benzene rings is 4. The third-order valence-electron chi connectivity index (χ3n) is 7.77. The largest absolute Gasteiger partial charge is 0.477 e. The number of hydrogen-bond donors (Lipinski definition) is 0. The monoisotopic (exact) mass is 519 g/mol. The Kier molecular flexibility index (Phi) is 7.09. The Morgan fingerprint density at radius 1 is 0.744 bits per heavy atom. The van der Waals surface area contributed by atoms with E-state index in [0.717, 1.165) is 5.56 Å². The molecule has 0 fully saturated rings. The third-order valence-corrected chi connectivity index (χ3v) is 7.77. The number of esters is 1. The first-order valence-electron chi connectivity index (χ1n) is 13.6. The smallest absolute Gasteiger partial charge is 0.341 e. The molecule has 200 valence electrons. The fraction of sp³-hybridized carbons (Fsp3) is 0.286. The molecule has 4 nitrogen and oxygen atoms in total. The lowest BCUT2D eigenvalue weighted by atomic mass is 9.66. The molecule has 0 unspecified atom stereocenters. The molecule has 0 aliphatic heterocycles. The Morgan fingerprint density at radius 3 is 1.90 bits per heavy atom. The predicted molar refractivity (Wildman–Crippen MR) is 158 cm³/mol. The molecule has 1 aliphatic carbocycles. The average molecular weight is 520 g/mol. The Bertz CT molecular complexity index is 1520. The Hall–Kier alpha value is -3.89. The maximum absolute atomic E-state index is 13.3. The molecular formula is C35H37NO3. The van der Waals surface area contributed by atoms with Crippen LogP contribution < -0.4 is 4.74 Å². The molecule has 5 rings (SSSR count). The summed E-state index contributed by atoms with van der Waals surface area (Å²) in [6.45, 7) is 11.1. The molecule has 0 bridgehead atoms. The van der Waals surface area contributed by atoms with E-state index in [9.17, 15) is 4.79 Å². The summed E-state index contributed by atoms with van der Waals surface area (Å²) in [6, 6.07) is 26.2. The summed E-state index contributed by atoms with van der Waals surface area (Å²) >= 11 is 0. The molecule has 4 heteroatoms. The summed E-state index contributed by atoms with van der Waals surface area (Å²) in [7, 11) is 3.87. The molecule has 0 spiro atoms. The van der Waals surface area contributed by atoms with E-state index in [1.807, 2.05) is 38.1 Å². The Morgan fingerprint density at radius 2 is 1.33 bits per heavy atom. The molecule has 0 heterocycles. The first-order chi connectivity index (χ1) is 18.7. The highest BCUT2D eigenvalue weighted by Crippen LogP contribution is 2.57. The highest BCUT2D eigenvalue weighted by molar-refractivity contribution is 5.94. The molecule has 0 saturated carbocycles. The minimum atomic E-state index is -0.609. The first-order valence-corrected chi connectivity index (χ1v) is 13.6. The second kappa shape index (κ2) is 10.3. The van der Waals surface area contributed by atoms with Gasteiger partial charge in [0, 0.05) is 0 Å². The van der Waals surface area contributed by atoms with Crippen LogP contribution in [0.2, 0.25) is 0 Å². The van der Waals surface area contributed by atoms with E-state index in [1.54, 1.807) is 0 Å². The van der Waals surface area contributed by atoms with Crippen molar-refractivity contribution in [3.8, 4) is 16.9 Å². The minimum absolute atomic E-state index is 0.294. The molecule has 1 aliphatic rings. The molecule has 0 atom stereocenters. The number of carbonyl (C=O) groups excluding carboxylic acids is 1. The topological polar surface area (TPSA) is 38.8 Å². The van der Waals surface area contributed by atoms with Crippen molar-refractivity contribution in [2.45, 2.75) is 40.0 Å². The fourth-order valence-electron chi connectivity index (χ4n) is 5.77. The second-order valence-corrected chi connectivity index (χ2v) is 10.9. The Labute approximate surface area is 232 Å². The zero-order valence-corrected chi connectivity index (χ0v) is 24.0. The van der Waals surface area contributed by atoms with Crippen LogP contribution in [-0.4, -0.2) is 38.3 Å². The van der Waals surface area contributed by atoms with Crippen molar-refractivity contribution >= 4 is 5.97 Å². The van der Waals surface area contributed by atoms with E-state index >= 15 is 0 Å². The lowest BCUT2D eigenvalue weighted by Crippen LogP contribution is -2.29. The number of ether oxygens (including phenoxy) is 2. The van der Waals surface area contributed by atoms with Crippen LogP contribution >= 0.6 is 0 Å². The highest BCUT2D eigenvalue weighted by atomic mass is 16.5. The van der Waals surface area contributed by atoms with Crippen molar-refractivity contribution in [3.05, 3.63) is 123 Å². The maximum atomic E-state index is 13.3. The average Bonchev–Trinajstić information content (AvgIpc) is 3.18. The Balaban J connectivity index is 1.88. The summed E-state index contributed by atoms with van der Waals surface area (Å²) in [5, 5.41) is 0. The molecule has 39 heavy (non-hydrogen) atoms. The van der Waals surface area contributed by atoms with Crippen LogP contribution in [0.3, 0.4) is 0 Å². The van der Waals surface area contributed by atoms with E-state index in [1.165, 1.54) is 50.1 Å². The van der Waals surface area contributed by atoms with Crippen molar-refractivity contribution in [3.63, 3.8) is 0 Å². The molecule has 0 N–H and O–H groups in total. The summed E-state index contributed by atoms with van der Waals surface area (Å²) in [6.07, 6.45) is 0. The van der Waals surface area contributed by atoms with Crippen LogP contribution in [0.25, 0.3) is 11.1 Å². The van der Waals surface area contributed by atoms with Gasteiger partial charge in [0.2, 0.25) is 0 Å². The summed E-state index contributed by atoms with van der Waals surface area (Å²) < 4.78 is 11.6. The molecular weight excluding hydrogens is 482 g/mol. The zero-order valence-electron chi connectivity index (χ0n) is 24.0. The summed E-state index contributed by atoms with van der Waals surface area (Å²) in [5.41, 5.74) is 11.8. The number of fused-ring (bicyclic) bond motifs is 3. The quantitative estimate of drug-likeness (QED) is 0.166. The van der Waals surface area contributed by atoms with Crippen molar-refractivity contribution in [1.82, 2.24) is 4.90 Å². The summed E-state index contributed by atoms with van der Waals surface area (Å²) in [5.74, 6) is 0.142. The number of aryl methyl sites for hydroxylation is 4. The predicted octanol–water partition coefficient (Wildman–Crippen LogP) is 7.36. The highest BCUT2D eigenvalue weighted by Gasteiger charge is 2.47. The van der Waals surface area contributed by atoms with E-state index in [2.05, 4.69) is 88.4 Å². The number of carbonyl (C=O) groups is 1. The van der Waals surface area contributed by atoms with Gasteiger partial charge < -0.3 is 9.47 Å². The molecule has 0 amide bonds. The van der Waals surface area contributed by atoms with Gasteiger partial charge in [-0.1, -0.05) is 71.8 Å². The SMILES string of the molecule is CCOC(=O)c1cc(C2(c3ccc(C)c(C)c3)c3cc(C)ccc3-c3ccc(C)cc32)ccc1OCN(C)C. The standard InChI is InChI=1S/C35H37NO3/c1-8-38-34(37)30-20-27(13-16-33(30)39-21-36(6)7)35(26-12-11-24(4)25(5)19-26)31-17-22(2)9-14-28(31)29-15-10-23(3)18-32(29)35/h9-20H,8,21H2,1-7H3. The van der Waals surface area contributed by atoms with Gasteiger partial charge in [0.1, 0.15) is 18.0 Å². The number of rotatable bonds is 7. The molecule has 0 saturated heterocycles. The van der Waals surface area contributed by atoms with Crippen LogP contribution in [-0.2, 0) is 10.2 Å². The number of hydrogen-bond acceptors (Lipinski definition) is 4. The van der Waals surface area contributed by atoms with Gasteiger partial charge >= 0.3 is 5.97 Å². The lowest BCUT2D eigenvalue weighted by molar-refractivity contribution is 0.0518. The van der Waals surface area contributed by atoms with Crippen LogP contribution in [0.15, 0.2) is 72.8 Å². The van der Waals surface area contributed by atoms with E-state index in [4.69, 9.17) is 9.47 Å². The maximum Gasteiger partial charge on any atom is 0.341 e. The van der Waals surface area contributed by atoms with Gasteiger partial charge in [-0.25, -0.2) is 4.79 Å². The first kappa shape index (κ1) is 26.7. The van der Waals surface area contributed by atoms with Crippen molar-refractivity contribution in [2.24, 2.45) is 0 Å². The van der Waals surface area contributed by atoms with Crippen molar-refractivity contribution in [2.75, 3.05) is 27.4 Å². The van der Waals surface area contributed by atoms with Crippen LogP contribution in [0.4, 0.5) is 0 Å². The van der Waals surface area contributed by atoms with Crippen LogP contribution in [0.5, 0.6) is 5.75 Å². The molecule has 0 aromatic heterocycles. The van der Waals surface area contributed by atoms with E-state index < -0.39 is 5.41 Å². The molecule has 4 aromatic rings.